The number of halogens is 3. The lowest BCUT2D eigenvalue weighted by atomic mass is 10.2. The lowest BCUT2D eigenvalue weighted by Crippen LogP contribution is -2.06. The van der Waals surface area contributed by atoms with Crippen LogP contribution in [-0.2, 0) is 13.0 Å². The van der Waals surface area contributed by atoms with E-state index in [-0.39, 0.29) is 5.82 Å². The quantitative estimate of drug-likeness (QED) is 0.608. The lowest BCUT2D eigenvalue weighted by Gasteiger charge is -2.09. The fraction of sp³-hybridized carbons (Fsp3) is 0.188. The lowest BCUT2D eigenvalue weighted by molar-refractivity contribution is 0.623. The molecular formula is C16H13BrClFN2. The molecule has 0 fully saturated rings. The molecule has 0 unspecified atom stereocenters. The molecule has 0 bridgehead atoms. The second kappa shape index (κ2) is 6.16. The molecule has 21 heavy (non-hydrogen) atoms. The molecule has 2 nitrogen and oxygen atoms in total. The van der Waals surface area contributed by atoms with Crippen molar-refractivity contribution in [3.63, 3.8) is 0 Å². The van der Waals surface area contributed by atoms with Gasteiger partial charge in [0.15, 0.2) is 0 Å². The summed E-state index contributed by atoms with van der Waals surface area (Å²) in [7, 11) is 0. The summed E-state index contributed by atoms with van der Waals surface area (Å²) < 4.78 is 16.4. The number of fused-ring (bicyclic) bond motifs is 1. The summed E-state index contributed by atoms with van der Waals surface area (Å²) in [5.74, 6) is 1.20. The molecule has 5 heteroatoms. The Morgan fingerprint density at radius 3 is 2.81 bits per heavy atom. The highest BCUT2D eigenvalue weighted by Gasteiger charge is 2.11. The van der Waals surface area contributed by atoms with E-state index in [0.29, 0.717) is 18.8 Å². The van der Waals surface area contributed by atoms with E-state index in [0.717, 1.165) is 26.9 Å². The van der Waals surface area contributed by atoms with Crippen LogP contribution in [0.25, 0.3) is 11.0 Å². The first-order valence-electron chi connectivity index (χ1n) is 6.62. The monoisotopic (exact) mass is 366 g/mol. The number of rotatable bonds is 4. The average Bonchev–Trinajstić information content (AvgIpc) is 2.76. The Bertz CT molecular complexity index is 785. The number of benzene rings is 2. The van der Waals surface area contributed by atoms with Crippen LogP contribution in [-0.4, -0.2) is 15.4 Å². The summed E-state index contributed by atoms with van der Waals surface area (Å²) in [4.78, 5) is 4.64. The minimum absolute atomic E-state index is 0.224. The second-order valence-corrected chi connectivity index (χ2v) is 6.11. The molecule has 0 atom stereocenters. The predicted octanol–water partition coefficient (Wildman–Crippen LogP) is 4.77. The molecule has 3 aromatic rings. The van der Waals surface area contributed by atoms with E-state index < -0.39 is 0 Å². The first kappa shape index (κ1) is 14.5. The highest BCUT2D eigenvalue weighted by atomic mass is 79.9. The molecule has 0 radical (unpaired) electrons. The average molecular weight is 368 g/mol. The SMILES string of the molecule is Fc1cccc(Cn2c(CCCl)nc3cc(Br)ccc32)c1. The van der Waals surface area contributed by atoms with Crippen molar-refractivity contribution in [1.82, 2.24) is 9.55 Å². The molecule has 2 aromatic carbocycles. The Morgan fingerprint density at radius 2 is 2.05 bits per heavy atom. The van der Waals surface area contributed by atoms with Crippen LogP contribution >= 0.6 is 27.5 Å². The summed E-state index contributed by atoms with van der Waals surface area (Å²) >= 11 is 9.33. The van der Waals surface area contributed by atoms with Crippen molar-refractivity contribution in [3.05, 3.63) is 64.1 Å². The van der Waals surface area contributed by atoms with Gasteiger partial charge in [-0.3, -0.25) is 0 Å². The summed E-state index contributed by atoms with van der Waals surface area (Å²) in [5.41, 5.74) is 2.86. The Balaban J connectivity index is 2.08. The summed E-state index contributed by atoms with van der Waals surface area (Å²) in [6.45, 7) is 0.585. The molecule has 0 saturated carbocycles. The van der Waals surface area contributed by atoms with Crippen LogP contribution in [0.4, 0.5) is 4.39 Å². The van der Waals surface area contributed by atoms with Gasteiger partial charge in [0.2, 0.25) is 0 Å². The van der Waals surface area contributed by atoms with Crippen molar-refractivity contribution in [1.29, 1.82) is 0 Å². The first-order valence-corrected chi connectivity index (χ1v) is 7.95. The number of aryl methyl sites for hydroxylation is 1. The van der Waals surface area contributed by atoms with Crippen molar-refractivity contribution in [2.45, 2.75) is 13.0 Å². The molecule has 0 aliphatic carbocycles. The van der Waals surface area contributed by atoms with Crippen LogP contribution in [0.15, 0.2) is 46.9 Å². The maximum atomic E-state index is 13.4. The molecular weight excluding hydrogens is 355 g/mol. The third-order valence-electron chi connectivity index (χ3n) is 3.34. The van der Waals surface area contributed by atoms with E-state index in [9.17, 15) is 4.39 Å². The minimum Gasteiger partial charge on any atom is -0.323 e. The van der Waals surface area contributed by atoms with Gasteiger partial charge in [0.25, 0.3) is 0 Å². The van der Waals surface area contributed by atoms with Crippen LogP contribution in [0.5, 0.6) is 0 Å². The predicted molar refractivity (Wildman–Crippen MR) is 87.4 cm³/mol. The Kier molecular flexibility index (Phi) is 4.27. The van der Waals surface area contributed by atoms with Crippen LogP contribution in [0.2, 0.25) is 0 Å². The number of hydrogen-bond donors (Lipinski definition) is 0. The molecule has 0 amide bonds. The van der Waals surface area contributed by atoms with Gasteiger partial charge in [-0.15, -0.1) is 11.6 Å². The van der Waals surface area contributed by atoms with Crippen molar-refractivity contribution in [2.75, 3.05) is 5.88 Å². The smallest absolute Gasteiger partial charge is 0.123 e. The molecule has 0 saturated heterocycles. The zero-order valence-electron chi connectivity index (χ0n) is 11.2. The summed E-state index contributed by atoms with van der Waals surface area (Å²) in [6.07, 6.45) is 0.684. The second-order valence-electron chi connectivity index (χ2n) is 4.82. The number of nitrogens with zero attached hydrogens (tertiary/aromatic N) is 2. The Hall–Kier alpha value is -1.39. The van der Waals surface area contributed by atoms with Gasteiger partial charge in [-0.1, -0.05) is 28.1 Å². The maximum Gasteiger partial charge on any atom is 0.123 e. The molecule has 1 aromatic heterocycles. The topological polar surface area (TPSA) is 17.8 Å². The van der Waals surface area contributed by atoms with Gasteiger partial charge in [0.05, 0.1) is 11.0 Å². The van der Waals surface area contributed by atoms with Crippen molar-refractivity contribution in [2.24, 2.45) is 0 Å². The van der Waals surface area contributed by atoms with Gasteiger partial charge in [0, 0.05) is 23.3 Å². The first-order chi connectivity index (χ1) is 10.2. The van der Waals surface area contributed by atoms with Crippen LogP contribution in [0.1, 0.15) is 11.4 Å². The van der Waals surface area contributed by atoms with E-state index in [1.165, 1.54) is 6.07 Å². The summed E-state index contributed by atoms with van der Waals surface area (Å²) in [6, 6.07) is 12.6. The van der Waals surface area contributed by atoms with Crippen molar-refractivity contribution >= 4 is 38.6 Å². The van der Waals surface area contributed by atoms with E-state index in [2.05, 4.69) is 25.5 Å². The maximum absolute atomic E-state index is 13.4. The Labute approximate surface area is 135 Å². The van der Waals surface area contributed by atoms with E-state index >= 15 is 0 Å². The highest BCUT2D eigenvalue weighted by molar-refractivity contribution is 9.10. The zero-order valence-corrected chi connectivity index (χ0v) is 13.5. The van der Waals surface area contributed by atoms with Crippen LogP contribution in [0, 0.1) is 5.82 Å². The number of hydrogen-bond acceptors (Lipinski definition) is 1. The molecule has 0 N–H and O–H groups in total. The number of aromatic nitrogens is 2. The third-order valence-corrected chi connectivity index (χ3v) is 4.02. The largest absolute Gasteiger partial charge is 0.323 e. The van der Waals surface area contributed by atoms with Crippen LogP contribution in [0.3, 0.4) is 0 Å². The zero-order chi connectivity index (χ0) is 14.8. The third kappa shape index (κ3) is 3.11. The van der Waals surface area contributed by atoms with E-state index in [1.54, 1.807) is 12.1 Å². The van der Waals surface area contributed by atoms with Gasteiger partial charge in [-0.25, -0.2) is 9.37 Å². The minimum atomic E-state index is -0.224. The summed E-state index contributed by atoms with van der Waals surface area (Å²) in [5, 5.41) is 0. The van der Waals surface area contributed by atoms with Crippen molar-refractivity contribution in [3.8, 4) is 0 Å². The molecule has 0 spiro atoms. The molecule has 0 aliphatic rings. The molecule has 1 heterocycles. The van der Waals surface area contributed by atoms with E-state index in [1.807, 2.05) is 24.3 Å². The number of imidazole rings is 1. The molecule has 3 rings (SSSR count). The number of alkyl halides is 1. The molecule has 0 aliphatic heterocycles. The van der Waals surface area contributed by atoms with Gasteiger partial charge in [0.1, 0.15) is 11.6 Å². The Morgan fingerprint density at radius 1 is 1.19 bits per heavy atom. The normalized spacial score (nSPS) is 11.2. The fourth-order valence-electron chi connectivity index (χ4n) is 2.42. The van der Waals surface area contributed by atoms with Crippen molar-refractivity contribution < 1.29 is 4.39 Å². The van der Waals surface area contributed by atoms with E-state index in [4.69, 9.17) is 11.6 Å². The highest BCUT2D eigenvalue weighted by Crippen LogP contribution is 2.22. The van der Waals surface area contributed by atoms with Gasteiger partial charge in [-0.05, 0) is 35.9 Å². The van der Waals surface area contributed by atoms with Gasteiger partial charge in [-0.2, -0.15) is 0 Å². The van der Waals surface area contributed by atoms with Gasteiger partial charge < -0.3 is 4.57 Å². The fourth-order valence-corrected chi connectivity index (χ4v) is 2.94. The van der Waals surface area contributed by atoms with Crippen LogP contribution < -0.4 is 0 Å². The standard InChI is InChI=1S/C16H13BrClFN2/c17-12-4-5-15-14(9-12)20-16(6-7-18)21(15)10-11-2-1-3-13(19)8-11/h1-5,8-9H,6-7,10H2. The van der Waals surface area contributed by atoms with Gasteiger partial charge >= 0.3 is 0 Å². The molecule has 108 valence electrons.